The van der Waals surface area contributed by atoms with Gasteiger partial charge in [0.05, 0.1) is 5.92 Å². The van der Waals surface area contributed by atoms with Gasteiger partial charge in [0.25, 0.3) is 0 Å². The summed E-state index contributed by atoms with van der Waals surface area (Å²) < 4.78 is 0. The highest BCUT2D eigenvalue weighted by Gasteiger charge is 2.44. The fourth-order valence-electron chi connectivity index (χ4n) is 2.70. The molecular weight excluding hydrogens is 280 g/mol. The summed E-state index contributed by atoms with van der Waals surface area (Å²) in [5.74, 6) is -0.370. The predicted molar refractivity (Wildman–Crippen MR) is 75.4 cm³/mol. The third kappa shape index (κ3) is 3.08. The SMILES string of the molecule is CC(=O)N1CCCC(C(=O)NC2(C(=O)O)CCSC2)C1. The molecule has 6 nitrogen and oxygen atoms in total. The van der Waals surface area contributed by atoms with Crippen LogP contribution in [0.15, 0.2) is 0 Å². The number of carboxylic acid groups (broad SMARTS) is 1. The van der Waals surface area contributed by atoms with Crippen LogP contribution in [0.2, 0.25) is 0 Å². The number of carboxylic acids is 1. The minimum atomic E-state index is -1.12. The smallest absolute Gasteiger partial charge is 0.330 e. The number of rotatable bonds is 3. The maximum absolute atomic E-state index is 12.3. The highest BCUT2D eigenvalue weighted by Crippen LogP contribution is 2.29. The Labute approximate surface area is 122 Å². The van der Waals surface area contributed by atoms with Crippen LogP contribution in [0.1, 0.15) is 26.2 Å². The number of piperidine rings is 1. The van der Waals surface area contributed by atoms with E-state index in [1.165, 1.54) is 6.92 Å². The molecule has 2 N–H and O–H groups in total. The molecule has 0 aromatic heterocycles. The van der Waals surface area contributed by atoms with Crippen molar-refractivity contribution in [1.82, 2.24) is 10.2 Å². The van der Waals surface area contributed by atoms with E-state index < -0.39 is 11.5 Å². The number of thioether (sulfide) groups is 1. The Morgan fingerprint density at radius 3 is 2.70 bits per heavy atom. The molecule has 0 radical (unpaired) electrons. The van der Waals surface area contributed by atoms with Crippen molar-refractivity contribution in [2.24, 2.45) is 5.92 Å². The summed E-state index contributed by atoms with van der Waals surface area (Å²) in [6, 6.07) is 0. The van der Waals surface area contributed by atoms with Crippen LogP contribution in [-0.2, 0) is 14.4 Å². The number of nitrogens with one attached hydrogen (secondary N) is 1. The van der Waals surface area contributed by atoms with Crippen molar-refractivity contribution in [1.29, 1.82) is 0 Å². The van der Waals surface area contributed by atoms with E-state index in [1.54, 1.807) is 16.7 Å². The summed E-state index contributed by atoms with van der Waals surface area (Å²) in [6.07, 6.45) is 1.95. The normalized spacial score (nSPS) is 30.1. The Kier molecular flexibility index (Phi) is 4.57. The maximum Gasteiger partial charge on any atom is 0.330 e. The van der Waals surface area contributed by atoms with Crippen molar-refractivity contribution in [3.8, 4) is 0 Å². The van der Waals surface area contributed by atoms with Crippen LogP contribution >= 0.6 is 11.8 Å². The average Bonchev–Trinajstić information content (AvgIpc) is 2.88. The molecule has 0 aromatic carbocycles. The molecule has 0 aliphatic carbocycles. The van der Waals surface area contributed by atoms with Gasteiger partial charge in [0.1, 0.15) is 5.54 Å². The molecule has 2 amide bonds. The summed E-state index contributed by atoms with van der Waals surface area (Å²) in [6.45, 7) is 2.57. The van der Waals surface area contributed by atoms with Gasteiger partial charge in [-0.05, 0) is 25.0 Å². The Hall–Kier alpha value is -1.24. The van der Waals surface area contributed by atoms with Gasteiger partial charge in [0.2, 0.25) is 11.8 Å². The number of hydrogen-bond acceptors (Lipinski definition) is 4. The van der Waals surface area contributed by atoms with E-state index in [1.807, 2.05) is 0 Å². The van der Waals surface area contributed by atoms with E-state index >= 15 is 0 Å². The largest absolute Gasteiger partial charge is 0.479 e. The molecule has 2 rings (SSSR count). The van der Waals surface area contributed by atoms with Crippen LogP contribution in [-0.4, -0.2) is 57.9 Å². The van der Waals surface area contributed by atoms with Gasteiger partial charge >= 0.3 is 5.97 Å². The molecule has 0 saturated carbocycles. The van der Waals surface area contributed by atoms with Crippen LogP contribution in [0.4, 0.5) is 0 Å². The third-order valence-electron chi connectivity index (χ3n) is 4.03. The van der Waals surface area contributed by atoms with E-state index in [9.17, 15) is 19.5 Å². The third-order valence-corrected chi connectivity index (χ3v) is 5.22. The standard InChI is InChI=1S/C13H20N2O4S/c1-9(16)15-5-2-3-10(7-15)11(17)14-13(12(18)19)4-6-20-8-13/h10H,2-8H2,1H3,(H,14,17)(H,18,19). The van der Waals surface area contributed by atoms with E-state index in [0.29, 0.717) is 31.7 Å². The maximum atomic E-state index is 12.3. The lowest BCUT2D eigenvalue weighted by Gasteiger charge is -2.33. The molecule has 2 aliphatic rings. The zero-order valence-corrected chi connectivity index (χ0v) is 12.4. The summed E-state index contributed by atoms with van der Waals surface area (Å²) in [5.41, 5.74) is -1.12. The van der Waals surface area contributed by atoms with Crippen molar-refractivity contribution >= 4 is 29.5 Å². The molecule has 2 heterocycles. The van der Waals surface area contributed by atoms with Crippen LogP contribution in [0, 0.1) is 5.92 Å². The van der Waals surface area contributed by atoms with E-state index in [4.69, 9.17) is 0 Å². The second-order valence-corrected chi connectivity index (χ2v) is 6.59. The molecular formula is C13H20N2O4S. The van der Waals surface area contributed by atoms with Gasteiger partial charge in [0.15, 0.2) is 0 Å². The van der Waals surface area contributed by atoms with E-state index in [2.05, 4.69) is 5.32 Å². The molecule has 0 spiro atoms. The summed E-state index contributed by atoms with van der Waals surface area (Å²) in [7, 11) is 0. The topological polar surface area (TPSA) is 86.7 Å². The summed E-state index contributed by atoms with van der Waals surface area (Å²) in [4.78, 5) is 36.8. The molecule has 2 fully saturated rings. The zero-order chi connectivity index (χ0) is 14.8. The van der Waals surface area contributed by atoms with Crippen LogP contribution < -0.4 is 5.32 Å². The van der Waals surface area contributed by atoms with Crippen molar-refractivity contribution in [2.45, 2.75) is 31.7 Å². The number of carbonyl (C=O) groups is 3. The number of nitrogens with zero attached hydrogens (tertiary/aromatic N) is 1. The Morgan fingerprint density at radius 1 is 1.40 bits per heavy atom. The number of likely N-dealkylation sites (tertiary alicyclic amines) is 1. The highest BCUT2D eigenvalue weighted by molar-refractivity contribution is 7.99. The van der Waals surface area contributed by atoms with Crippen LogP contribution in [0.25, 0.3) is 0 Å². The lowest BCUT2D eigenvalue weighted by molar-refractivity contribution is -0.148. The molecule has 2 saturated heterocycles. The van der Waals surface area contributed by atoms with Crippen molar-refractivity contribution in [3.63, 3.8) is 0 Å². The number of carbonyl (C=O) groups excluding carboxylic acids is 2. The second-order valence-electron chi connectivity index (χ2n) is 5.48. The van der Waals surface area contributed by atoms with Crippen molar-refractivity contribution < 1.29 is 19.5 Å². The quantitative estimate of drug-likeness (QED) is 0.784. The van der Waals surface area contributed by atoms with Gasteiger partial charge in [-0.15, -0.1) is 0 Å². The second kappa shape index (κ2) is 6.03. The average molecular weight is 300 g/mol. The fraction of sp³-hybridized carbons (Fsp3) is 0.769. The first-order chi connectivity index (χ1) is 9.44. The van der Waals surface area contributed by atoms with Gasteiger partial charge in [-0.2, -0.15) is 11.8 Å². The zero-order valence-electron chi connectivity index (χ0n) is 11.6. The Bertz CT molecular complexity index is 421. The van der Waals surface area contributed by atoms with Gasteiger partial charge in [0, 0.05) is 25.8 Å². The van der Waals surface area contributed by atoms with Gasteiger partial charge in [-0.25, -0.2) is 4.79 Å². The van der Waals surface area contributed by atoms with E-state index in [0.717, 1.165) is 12.2 Å². The fourth-order valence-corrected chi connectivity index (χ4v) is 4.03. The Balaban J connectivity index is 2.00. The van der Waals surface area contributed by atoms with Crippen LogP contribution in [0.3, 0.4) is 0 Å². The lowest BCUT2D eigenvalue weighted by Crippen LogP contribution is -2.57. The highest BCUT2D eigenvalue weighted by atomic mass is 32.2. The molecule has 7 heteroatoms. The first kappa shape index (κ1) is 15.2. The van der Waals surface area contributed by atoms with Gasteiger partial charge in [-0.1, -0.05) is 0 Å². The molecule has 2 atom stereocenters. The van der Waals surface area contributed by atoms with Crippen LogP contribution in [0.5, 0.6) is 0 Å². The van der Waals surface area contributed by atoms with Crippen molar-refractivity contribution in [2.75, 3.05) is 24.6 Å². The predicted octanol–water partition coefficient (Wildman–Crippen LogP) is 0.321. The summed E-state index contributed by atoms with van der Waals surface area (Å²) >= 11 is 1.54. The molecule has 0 aromatic rings. The molecule has 20 heavy (non-hydrogen) atoms. The first-order valence-electron chi connectivity index (χ1n) is 6.83. The minimum Gasteiger partial charge on any atom is -0.479 e. The van der Waals surface area contributed by atoms with Crippen molar-refractivity contribution in [3.05, 3.63) is 0 Å². The monoisotopic (exact) mass is 300 g/mol. The molecule has 0 bridgehead atoms. The Morgan fingerprint density at radius 2 is 2.15 bits per heavy atom. The molecule has 2 aliphatic heterocycles. The van der Waals surface area contributed by atoms with Gasteiger partial charge in [-0.3, -0.25) is 9.59 Å². The summed E-state index contributed by atoms with van der Waals surface area (Å²) in [5, 5.41) is 12.1. The number of hydrogen-bond donors (Lipinski definition) is 2. The molecule has 112 valence electrons. The number of aliphatic carboxylic acids is 1. The number of amides is 2. The van der Waals surface area contributed by atoms with Gasteiger partial charge < -0.3 is 15.3 Å². The minimum absolute atomic E-state index is 0.0353. The molecule has 2 unspecified atom stereocenters. The first-order valence-corrected chi connectivity index (χ1v) is 7.99. The lowest BCUT2D eigenvalue weighted by atomic mass is 9.93. The van der Waals surface area contributed by atoms with E-state index in [-0.39, 0.29) is 17.7 Å².